The van der Waals surface area contributed by atoms with Gasteiger partial charge in [0.25, 0.3) is 0 Å². The molecule has 0 spiro atoms. The molecule has 0 aliphatic rings. The van der Waals surface area contributed by atoms with Gasteiger partial charge in [0.05, 0.1) is 18.3 Å². The lowest BCUT2D eigenvalue weighted by atomic mass is 10.0. The Hall–Kier alpha value is -4.79. The topological polar surface area (TPSA) is 106 Å². The van der Waals surface area contributed by atoms with Gasteiger partial charge in [-0.3, -0.25) is 14.6 Å². The minimum Gasteiger partial charge on any atom is -0.467 e. The molecular formula is C27H24N6O3. The summed E-state index contributed by atoms with van der Waals surface area (Å²) in [6, 6.07) is 23.0. The van der Waals surface area contributed by atoms with Gasteiger partial charge in [0, 0.05) is 18.9 Å². The molecular weight excluding hydrogens is 456 g/mol. The molecule has 0 unspecified atom stereocenters. The van der Waals surface area contributed by atoms with Gasteiger partial charge >= 0.3 is 0 Å². The Morgan fingerprint density at radius 1 is 0.972 bits per heavy atom. The number of nitrogens with one attached hydrogen (secondary N) is 1. The van der Waals surface area contributed by atoms with Crippen LogP contribution in [-0.4, -0.2) is 36.7 Å². The predicted octanol–water partition coefficient (Wildman–Crippen LogP) is 3.51. The van der Waals surface area contributed by atoms with Crippen LogP contribution in [-0.2, 0) is 29.2 Å². The minimum absolute atomic E-state index is 0.0738. The van der Waals surface area contributed by atoms with Crippen LogP contribution in [0.3, 0.4) is 0 Å². The lowest BCUT2D eigenvalue weighted by molar-refractivity contribution is -0.142. The quantitative estimate of drug-likeness (QED) is 0.346. The van der Waals surface area contributed by atoms with E-state index in [-0.39, 0.29) is 31.4 Å². The molecule has 36 heavy (non-hydrogen) atoms. The van der Waals surface area contributed by atoms with Crippen molar-refractivity contribution < 1.29 is 14.0 Å². The normalized spacial score (nSPS) is 11.8. The molecule has 2 amide bonds. The highest BCUT2D eigenvalue weighted by Gasteiger charge is 2.32. The molecule has 180 valence electrons. The van der Waals surface area contributed by atoms with Crippen molar-refractivity contribution in [1.29, 1.82) is 0 Å². The number of pyridine rings is 1. The summed E-state index contributed by atoms with van der Waals surface area (Å²) in [5.74, 6) is 0.0178. The number of fused-ring (bicyclic) bond motifs is 1. The van der Waals surface area contributed by atoms with Gasteiger partial charge in [-0.05, 0) is 41.5 Å². The van der Waals surface area contributed by atoms with Crippen LogP contribution in [0.4, 0.5) is 0 Å². The fourth-order valence-corrected chi connectivity index (χ4v) is 4.06. The van der Waals surface area contributed by atoms with E-state index in [0.717, 1.165) is 11.1 Å². The van der Waals surface area contributed by atoms with E-state index < -0.39 is 6.04 Å². The summed E-state index contributed by atoms with van der Waals surface area (Å²) in [5.41, 5.74) is 2.93. The van der Waals surface area contributed by atoms with E-state index in [2.05, 4.69) is 20.6 Å². The number of rotatable bonds is 9. The molecule has 2 aromatic carbocycles. The number of hydrogen-bond acceptors (Lipinski definition) is 6. The zero-order valence-corrected chi connectivity index (χ0v) is 19.4. The maximum Gasteiger partial charge on any atom is 0.247 e. The van der Waals surface area contributed by atoms with Crippen LogP contribution in [0.2, 0.25) is 0 Å². The van der Waals surface area contributed by atoms with Gasteiger partial charge in [0.15, 0.2) is 0 Å². The van der Waals surface area contributed by atoms with Gasteiger partial charge < -0.3 is 14.6 Å². The van der Waals surface area contributed by atoms with Gasteiger partial charge in [0.2, 0.25) is 11.8 Å². The molecule has 5 rings (SSSR count). The lowest BCUT2D eigenvalue weighted by Crippen LogP contribution is -2.44. The van der Waals surface area contributed by atoms with Crippen LogP contribution in [0, 0.1) is 0 Å². The minimum atomic E-state index is -0.886. The highest BCUT2D eigenvalue weighted by Crippen LogP contribution is 2.25. The number of aromatic nitrogens is 4. The average molecular weight is 481 g/mol. The van der Waals surface area contributed by atoms with Crippen molar-refractivity contribution in [1.82, 2.24) is 30.2 Å². The number of furan rings is 1. The Morgan fingerprint density at radius 2 is 1.81 bits per heavy atom. The second kappa shape index (κ2) is 10.6. The zero-order valence-electron chi connectivity index (χ0n) is 19.4. The Kier molecular flexibility index (Phi) is 6.79. The van der Waals surface area contributed by atoms with Crippen molar-refractivity contribution >= 4 is 22.8 Å². The number of amides is 2. The second-order valence-corrected chi connectivity index (χ2v) is 8.23. The fraction of sp³-hybridized carbons (Fsp3) is 0.148. The SMILES string of the molecule is O=C(NCc1ccco1)[C@@H](c1ccccc1)N(Cc1cccnc1)C(=O)Cn1nnc2ccccc21. The van der Waals surface area contributed by atoms with Gasteiger partial charge in [0.1, 0.15) is 23.9 Å². The molecule has 0 saturated heterocycles. The summed E-state index contributed by atoms with van der Waals surface area (Å²) < 4.78 is 6.91. The van der Waals surface area contributed by atoms with Crippen molar-refractivity contribution in [3.63, 3.8) is 0 Å². The van der Waals surface area contributed by atoms with Crippen molar-refractivity contribution in [2.45, 2.75) is 25.7 Å². The summed E-state index contributed by atoms with van der Waals surface area (Å²) in [5, 5.41) is 11.2. The fourth-order valence-electron chi connectivity index (χ4n) is 4.06. The van der Waals surface area contributed by atoms with Crippen LogP contribution in [0.15, 0.2) is 102 Å². The lowest BCUT2D eigenvalue weighted by Gasteiger charge is -2.31. The molecule has 0 aliphatic carbocycles. The zero-order chi connectivity index (χ0) is 24.7. The standard InChI is InChI=1S/C27H24N6O3/c34-25(19-33-24-13-5-4-12-23(24)30-31-33)32(18-20-8-6-14-28-16-20)26(21-9-2-1-3-10-21)27(35)29-17-22-11-7-15-36-22/h1-16,26H,17-19H2,(H,29,35)/t26-/m1/s1. The Bertz CT molecular complexity index is 1430. The molecule has 1 N–H and O–H groups in total. The van der Waals surface area contributed by atoms with Crippen molar-refractivity contribution in [2.24, 2.45) is 0 Å². The third kappa shape index (κ3) is 5.15. The highest BCUT2D eigenvalue weighted by molar-refractivity contribution is 5.89. The van der Waals surface area contributed by atoms with Crippen LogP contribution >= 0.6 is 0 Å². The van der Waals surface area contributed by atoms with E-state index in [1.807, 2.05) is 60.7 Å². The van der Waals surface area contributed by atoms with Crippen LogP contribution in [0.25, 0.3) is 11.0 Å². The van der Waals surface area contributed by atoms with Gasteiger partial charge in [-0.2, -0.15) is 0 Å². The number of benzene rings is 2. The molecule has 0 fully saturated rings. The highest BCUT2D eigenvalue weighted by atomic mass is 16.3. The van der Waals surface area contributed by atoms with Gasteiger partial charge in [-0.25, -0.2) is 4.68 Å². The van der Waals surface area contributed by atoms with Crippen molar-refractivity contribution in [3.05, 3.63) is 114 Å². The van der Waals surface area contributed by atoms with Crippen molar-refractivity contribution in [2.75, 3.05) is 0 Å². The molecule has 9 nitrogen and oxygen atoms in total. The third-order valence-corrected chi connectivity index (χ3v) is 5.79. The molecule has 0 aliphatic heterocycles. The first-order chi connectivity index (χ1) is 17.7. The van der Waals surface area contributed by atoms with Gasteiger partial charge in [-0.15, -0.1) is 5.10 Å². The van der Waals surface area contributed by atoms with E-state index in [1.54, 1.807) is 46.4 Å². The van der Waals surface area contributed by atoms with E-state index in [9.17, 15) is 9.59 Å². The summed E-state index contributed by atoms with van der Waals surface area (Å²) >= 11 is 0. The van der Waals surface area contributed by atoms with Crippen molar-refractivity contribution in [3.8, 4) is 0 Å². The smallest absolute Gasteiger partial charge is 0.247 e. The molecule has 5 aromatic rings. The first-order valence-electron chi connectivity index (χ1n) is 11.5. The number of para-hydroxylation sites is 1. The molecule has 0 radical (unpaired) electrons. The Labute approximate surface area is 207 Å². The van der Waals surface area contributed by atoms with E-state index in [1.165, 1.54) is 0 Å². The molecule has 1 atom stereocenters. The molecule has 0 bridgehead atoms. The van der Waals surface area contributed by atoms with Crippen LogP contribution in [0.5, 0.6) is 0 Å². The largest absolute Gasteiger partial charge is 0.467 e. The van der Waals surface area contributed by atoms with E-state index in [4.69, 9.17) is 4.42 Å². The maximum atomic E-state index is 13.8. The number of carbonyl (C=O) groups excluding carboxylic acids is 2. The van der Waals surface area contributed by atoms with Crippen LogP contribution < -0.4 is 5.32 Å². The monoisotopic (exact) mass is 480 g/mol. The molecule has 9 heteroatoms. The average Bonchev–Trinajstić information content (AvgIpc) is 3.59. The number of hydrogen-bond donors (Lipinski definition) is 1. The first kappa shape index (κ1) is 23.0. The Balaban J connectivity index is 1.49. The van der Waals surface area contributed by atoms with Gasteiger partial charge in [-0.1, -0.05) is 53.7 Å². The van der Waals surface area contributed by atoms with E-state index in [0.29, 0.717) is 16.8 Å². The Morgan fingerprint density at radius 3 is 2.58 bits per heavy atom. The summed E-state index contributed by atoms with van der Waals surface area (Å²) in [6.07, 6.45) is 4.91. The van der Waals surface area contributed by atoms with Crippen LogP contribution in [0.1, 0.15) is 22.9 Å². The third-order valence-electron chi connectivity index (χ3n) is 5.79. The number of nitrogens with zero attached hydrogens (tertiary/aromatic N) is 5. The molecule has 0 saturated carbocycles. The predicted molar refractivity (Wildman–Crippen MR) is 132 cm³/mol. The molecule has 3 aromatic heterocycles. The maximum absolute atomic E-state index is 13.8. The first-order valence-corrected chi connectivity index (χ1v) is 11.5. The number of carbonyl (C=O) groups is 2. The second-order valence-electron chi connectivity index (χ2n) is 8.23. The molecule has 3 heterocycles. The summed E-state index contributed by atoms with van der Waals surface area (Å²) in [6.45, 7) is 0.320. The summed E-state index contributed by atoms with van der Waals surface area (Å²) in [4.78, 5) is 33.2. The van der Waals surface area contributed by atoms with E-state index >= 15 is 0 Å². The summed E-state index contributed by atoms with van der Waals surface area (Å²) in [7, 11) is 0.